The number of nitrogens with zero attached hydrogens (tertiary/aromatic N) is 1. The van der Waals surface area contributed by atoms with Crippen LogP contribution in [0, 0.1) is 0 Å². The molecule has 1 saturated carbocycles. The second kappa shape index (κ2) is 7.65. The minimum absolute atomic E-state index is 0.539. The van der Waals surface area contributed by atoms with E-state index in [1.165, 1.54) is 47.0 Å². The maximum atomic E-state index is 4.85. The first kappa shape index (κ1) is 15.3. The van der Waals surface area contributed by atoms with Crippen LogP contribution in [0.3, 0.4) is 0 Å². The second-order valence-corrected chi connectivity index (χ2v) is 8.01. The van der Waals surface area contributed by atoms with Crippen LogP contribution in [0.5, 0.6) is 0 Å². The van der Waals surface area contributed by atoms with E-state index in [1.54, 1.807) is 0 Å². The summed E-state index contributed by atoms with van der Waals surface area (Å²) in [6, 6.07) is 0.746. The van der Waals surface area contributed by atoms with Gasteiger partial charge >= 0.3 is 0 Å². The fraction of sp³-hybridized carbons (Fsp3) is 0.800. The third-order valence-electron chi connectivity index (χ3n) is 3.65. The molecule has 1 aliphatic rings. The SMILES string of the molecule is CCSCc1nc(C(C)C)c(CNC2CCCC2)s1. The van der Waals surface area contributed by atoms with Crippen molar-refractivity contribution in [2.45, 2.75) is 70.7 Å². The Kier molecular flexibility index (Phi) is 6.17. The Morgan fingerprint density at radius 2 is 2.11 bits per heavy atom. The number of hydrogen-bond donors (Lipinski definition) is 1. The fourth-order valence-corrected chi connectivity index (χ4v) is 4.51. The summed E-state index contributed by atoms with van der Waals surface area (Å²) >= 11 is 3.88. The lowest BCUT2D eigenvalue weighted by atomic mass is 10.1. The molecule has 19 heavy (non-hydrogen) atoms. The van der Waals surface area contributed by atoms with Crippen LogP contribution in [0.4, 0.5) is 0 Å². The summed E-state index contributed by atoms with van der Waals surface area (Å²) in [6.45, 7) is 7.74. The normalized spacial score (nSPS) is 16.6. The number of nitrogens with one attached hydrogen (secondary N) is 1. The van der Waals surface area contributed by atoms with Gasteiger partial charge in [-0.15, -0.1) is 11.3 Å². The quantitative estimate of drug-likeness (QED) is 0.799. The van der Waals surface area contributed by atoms with Crippen molar-refractivity contribution in [1.82, 2.24) is 10.3 Å². The van der Waals surface area contributed by atoms with Gasteiger partial charge in [0, 0.05) is 23.2 Å². The van der Waals surface area contributed by atoms with Crippen LogP contribution in [-0.4, -0.2) is 16.8 Å². The van der Waals surface area contributed by atoms with Gasteiger partial charge in [-0.3, -0.25) is 0 Å². The van der Waals surface area contributed by atoms with Gasteiger partial charge in [-0.05, 0) is 24.5 Å². The first-order chi connectivity index (χ1) is 9.20. The lowest BCUT2D eigenvalue weighted by Gasteiger charge is -2.12. The molecule has 1 aromatic heterocycles. The zero-order valence-electron chi connectivity index (χ0n) is 12.4. The standard InChI is InChI=1S/C15H26N2S2/c1-4-18-10-14-17-15(11(2)3)13(19-14)9-16-12-7-5-6-8-12/h11-12,16H,4-10H2,1-3H3. The summed E-state index contributed by atoms with van der Waals surface area (Å²) in [6.07, 6.45) is 5.51. The molecule has 2 rings (SSSR count). The first-order valence-corrected chi connectivity index (χ1v) is 9.47. The van der Waals surface area contributed by atoms with Crippen LogP contribution in [0.2, 0.25) is 0 Å². The smallest absolute Gasteiger partial charge is 0.103 e. The first-order valence-electron chi connectivity index (χ1n) is 7.50. The van der Waals surface area contributed by atoms with Crippen molar-refractivity contribution in [1.29, 1.82) is 0 Å². The Morgan fingerprint density at radius 3 is 2.74 bits per heavy atom. The van der Waals surface area contributed by atoms with Crippen molar-refractivity contribution < 1.29 is 0 Å². The van der Waals surface area contributed by atoms with E-state index in [4.69, 9.17) is 4.98 Å². The zero-order valence-corrected chi connectivity index (χ0v) is 14.0. The van der Waals surface area contributed by atoms with E-state index < -0.39 is 0 Å². The van der Waals surface area contributed by atoms with E-state index in [0.29, 0.717) is 5.92 Å². The molecule has 1 N–H and O–H groups in total. The molecule has 0 aliphatic heterocycles. The molecule has 1 fully saturated rings. The molecule has 4 heteroatoms. The van der Waals surface area contributed by atoms with E-state index in [1.807, 2.05) is 23.1 Å². The molecule has 0 aromatic carbocycles. The predicted molar refractivity (Wildman–Crippen MR) is 87.1 cm³/mol. The molecule has 0 amide bonds. The molecular weight excluding hydrogens is 272 g/mol. The van der Waals surface area contributed by atoms with Gasteiger partial charge in [0.15, 0.2) is 0 Å². The summed E-state index contributed by atoms with van der Waals surface area (Å²) < 4.78 is 0. The minimum Gasteiger partial charge on any atom is -0.309 e. The van der Waals surface area contributed by atoms with Gasteiger partial charge in [0.25, 0.3) is 0 Å². The Morgan fingerprint density at radius 1 is 1.37 bits per heavy atom. The molecule has 1 aliphatic carbocycles. The second-order valence-electron chi connectivity index (χ2n) is 5.57. The molecular formula is C15H26N2S2. The number of rotatable bonds is 7. The van der Waals surface area contributed by atoms with E-state index in [-0.39, 0.29) is 0 Å². The molecule has 108 valence electrons. The third-order valence-corrected chi connectivity index (χ3v) is 5.79. The minimum atomic E-state index is 0.539. The number of thiazole rings is 1. The Labute approximate surface area is 125 Å². The summed E-state index contributed by atoms with van der Waals surface area (Å²) in [4.78, 5) is 6.32. The summed E-state index contributed by atoms with van der Waals surface area (Å²) in [5.74, 6) is 2.79. The zero-order chi connectivity index (χ0) is 13.7. The third kappa shape index (κ3) is 4.47. The summed E-state index contributed by atoms with van der Waals surface area (Å²) in [5, 5.41) is 5.03. The van der Waals surface area contributed by atoms with Gasteiger partial charge in [-0.1, -0.05) is 33.6 Å². The average Bonchev–Trinajstić information content (AvgIpc) is 3.03. The van der Waals surface area contributed by atoms with Crippen LogP contribution in [0.15, 0.2) is 0 Å². The van der Waals surface area contributed by atoms with Gasteiger partial charge in [-0.2, -0.15) is 11.8 Å². The molecule has 0 radical (unpaired) electrons. The maximum absolute atomic E-state index is 4.85. The van der Waals surface area contributed by atoms with Gasteiger partial charge < -0.3 is 5.32 Å². The maximum Gasteiger partial charge on any atom is 0.103 e. The van der Waals surface area contributed by atoms with Crippen LogP contribution in [-0.2, 0) is 12.3 Å². The van der Waals surface area contributed by atoms with E-state index in [9.17, 15) is 0 Å². The lowest BCUT2D eigenvalue weighted by molar-refractivity contribution is 0.524. The Balaban J connectivity index is 1.97. The number of thioether (sulfide) groups is 1. The fourth-order valence-electron chi connectivity index (χ4n) is 2.61. The van der Waals surface area contributed by atoms with Crippen molar-refractivity contribution in [2.24, 2.45) is 0 Å². The average molecular weight is 299 g/mol. The van der Waals surface area contributed by atoms with E-state index in [0.717, 1.165) is 18.3 Å². The van der Waals surface area contributed by atoms with Crippen LogP contribution in [0.25, 0.3) is 0 Å². The molecule has 2 nitrogen and oxygen atoms in total. The molecule has 1 aromatic rings. The molecule has 0 atom stereocenters. The Bertz CT molecular complexity index is 381. The highest BCUT2D eigenvalue weighted by atomic mass is 32.2. The van der Waals surface area contributed by atoms with Crippen molar-refractivity contribution in [3.8, 4) is 0 Å². The molecule has 0 saturated heterocycles. The highest BCUT2D eigenvalue weighted by Crippen LogP contribution is 2.28. The van der Waals surface area contributed by atoms with Crippen LogP contribution < -0.4 is 5.32 Å². The predicted octanol–water partition coefficient (Wildman–Crippen LogP) is 4.55. The van der Waals surface area contributed by atoms with Gasteiger partial charge in [0.05, 0.1) is 5.69 Å². The molecule has 0 spiro atoms. The van der Waals surface area contributed by atoms with E-state index >= 15 is 0 Å². The molecule has 1 heterocycles. The molecule has 0 bridgehead atoms. The van der Waals surface area contributed by atoms with Crippen molar-refractivity contribution in [3.63, 3.8) is 0 Å². The topological polar surface area (TPSA) is 24.9 Å². The highest BCUT2D eigenvalue weighted by molar-refractivity contribution is 7.98. The van der Waals surface area contributed by atoms with Gasteiger partial charge in [0.1, 0.15) is 5.01 Å². The van der Waals surface area contributed by atoms with Crippen LogP contribution in [0.1, 0.15) is 68.0 Å². The summed E-state index contributed by atoms with van der Waals surface area (Å²) in [5.41, 5.74) is 1.32. The van der Waals surface area contributed by atoms with Gasteiger partial charge in [-0.25, -0.2) is 4.98 Å². The van der Waals surface area contributed by atoms with Crippen LogP contribution >= 0.6 is 23.1 Å². The molecule has 0 unspecified atom stereocenters. The van der Waals surface area contributed by atoms with Crippen molar-refractivity contribution >= 4 is 23.1 Å². The number of aromatic nitrogens is 1. The van der Waals surface area contributed by atoms with Crippen molar-refractivity contribution in [3.05, 3.63) is 15.6 Å². The van der Waals surface area contributed by atoms with E-state index in [2.05, 4.69) is 26.1 Å². The Hall–Kier alpha value is -0.0600. The highest BCUT2D eigenvalue weighted by Gasteiger charge is 2.18. The lowest BCUT2D eigenvalue weighted by Crippen LogP contribution is -2.25. The van der Waals surface area contributed by atoms with Gasteiger partial charge in [0.2, 0.25) is 0 Å². The monoisotopic (exact) mass is 298 g/mol. The largest absolute Gasteiger partial charge is 0.309 e. The summed E-state index contributed by atoms with van der Waals surface area (Å²) in [7, 11) is 0. The number of hydrogen-bond acceptors (Lipinski definition) is 4. The van der Waals surface area contributed by atoms with Crippen molar-refractivity contribution in [2.75, 3.05) is 5.75 Å².